The molecule has 0 unspecified atom stereocenters. The summed E-state index contributed by atoms with van der Waals surface area (Å²) in [4.78, 5) is 11.9. The van der Waals surface area contributed by atoms with Crippen LogP contribution in [0.4, 0.5) is 0 Å². The molecule has 0 bridgehead atoms. The minimum absolute atomic E-state index is 0.121. The van der Waals surface area contributed by atoms with Gasteiger partial charge < -0.3 is 10.4 Å². The molecule has 1 fully saturated rings. The van der Waals surface area contributed by atoms with Gasteiger partial charge in [-0.1, -0.05) is 29.8 Å². The van der Waals surface area contributed by atoms with Gasteiger partial charge in [0.1, 0.15) is 11.6 Å². The lowest BCUT2D eigenvalue weighted by Crippen LogP contribution is -2.49. The van der Waals surface area contributed by atoms with E-state index in [0.29, 0.717) is 11.1 Å². The number of piperazine rings is 1. The summed E-state index contributed by atoms with van der Waals surface area (Å²) < 4.78 is 0. The average Bonchev–Trinajstić information content (AvgIpc) is 2.79. The molecular weight excluding hydrogens is 420 g/mol. The van der Waals surface area contributed by atoms with Crippen molar-refractivity contribution in [3.8, 4) is 17.0 Å². The van der Waals surface area contributed by atoms with Gasteiger partial charge in [-0.05, 0) is 67.6 Å². The summed E-state index contributed by atoms with van der Waals surface area (Å²) in [6.07, 6.45) is 4.44. The fraction of sp³-hybridized carbons (Fsp3) is 0.385. The Hall–Kier alpha value is -2.47. The number of nitrogens with zero attached hydrogens (tertiary/aromatic N) is 3. The molecule has 0 saturated carbocycles. The molecule has 1 aromatic heterocycles. The number of nitrogens with one attached hydrogen (secondary N) is 1. The van der Waals surface area contributed by atoms with Gasteiger partial charge in [0, 0.05) is 50.4 Å². The molecule has 0 radical (unpaired) electrons. The summed E-state index contributed by atoms with van der Waals surface area (Å²) in [5, 5.41) is 13.4. The topological polar surface area (TPSA) is 61.3 Å². The maximum Gasteiger partial charge on any atom is 0.134 e. The number of hydrogen-bond acceptors (Lipinski definition) is 5. The second kappa shape index (κ2) is 10.4. The highest BCUT2D eigenvalue weighted by Gasteiger charge is 2.18. The quantitative estimate of drug-likeness (QED) is 0.542. The van der Waals surface area contributed by atoms with Gasteiger partial charge in [0.15, 0.2) is 0 Å². The minimum atomic E-state index is 0.121. The van der Waals surface area contributed by atoms with Gasteiger partial charge in [0.05, 0.1) is 10.7 Å². The van der Waals surface area contributed by atoms with E-state index in [1.54, 1.807) is 6.07 Å². The molecule has 6 heteroatoms. The Balaban J connectivity index is 1.44. The third-order valence-corrected chi connectivity index (χ3v) is 6.49. The summed E-state index contributed by atoms with van der Waals surface area (Å²) in [6.45, 7) is 8.56. The first-order chi connectivity index (χ1) is 15.5. The Morgan fingerprint density at radius 2 is 1.97 bits per heavy atom. The number of hydrogen-bond donors (Lipinski definition) is 2. The average molecular weight is 451 g/mol. The second-order valence-corrected chi connectivity index (χ2v) is 9.08. The molecule has 0 aliphatic carbocycles. The molecule has 1 saturated heterocycles. The maximum absolute atomic E-state index is 9.58. The molecule has 168 valence electrons. The van der Waals surface area contributed by atoms with Crippen LogP contribution < -0.4 is 5.32 Å². The monoisotopic (exact) mass is 450 g/mol. The lowest BCUT2D eigenvalue weighted by atomic mass is 10.0. The van der Waals surface area contributed by atoms with Crippen LogP contribution in [0.15, 0.2) is 48.7 Å². The molecule has 1 aliphatic rings. The van der Waals surface area contributed by atoms with E-state index in [-0.39, 0.29) is 5.75 Å². The lowest BCUT2D eigenvalue weighted by molar-refractivity contribution is 0.165. The predicted molar refractivity (Wildman–Crippen MR) is 130 cm³/mol. The first-order valence-electron chi connectivity index (χ1n) is 11.3. The van der Waals surface area contributed by atoms with Gasteiger partial charge in [-0.15, -0.1) is 0 Å². The van der Waals surface area contributed by atoms with E-state index >= 15 is 0 Å². The van der Waals surface area contributed by atoms with Gasteiger partial charge in [0.2, 0.25) is 0 Å². The van der Waals surface area contributed by atoms with Crippen LogP contribution in [0.2, 0.25) is 5.02 Å². The van der Waals surface area contributed by atoms with E-state index in [9.17, 15) is 5.11 Å². The van der Waals surface area contributed by atoms with Crippen molar-refractivity contribution < 1.29 is 5.11 Å². The summed E-state index contributed by atoms with van der Waals surface area (Å²) in [7, 11) is 0. The number of rotatable bonds is 7. The number of phenols is 1. The molecule has 0 spiro atoms. The highest BCUT2D eigenvalue weighted by molar-refractivity contribution is 6.32. The number of halogens is 1. The molecule has 2 aromatic carbocycles. The van der Waals surface area contributed by atoms with Crippen molar-refractivity contribution in [2.75, 3.05) is 19.6 Å². The van der Waals surface area contributed by atoms with Crippen LogP contribution >= 0.6 is 11.6 Å². The molecule has 0 amide bonds. The van der Waals surface area contributed by atoms with Crippen molar-refractivity contribution in [2.45, 2.75) is 45.7 Å². The Kier molecular flexibility index (Phi) is 7.40. The van der Waals surface area contributed by atoms with Crippen molar-refractivity contribution in [3.05, 3.63) is 76.2 Å². The Bertz CT molecular complexity index is 1070. The molecule has 2 heterocycles. The number of phenolic OH excluding ortho intramolecular Hbond substituents is 1. The van der Waals surface area contributed by atoms with E-state index in [1.807, 2.05) is 24.4 Å². The van der Waals surface area contributed by atoms with Gasteiger partial charge in [-0.25, -0.2) is 9.97 Å². The van der Waals surface area contributed by atoms with Crippen molar-refractivity contribution in [1.29, 1.82) is 0 Å². The second-order valence-electron chi connectivity index (χ2n) is 8.67. The summed E-state index contributed by atoms with van der Waals surface area (Å²) in [5.74, 6) is 0.975. The highest BCUT2D eigenvalue weighted by atomic mass is 35.5. The van der Waals surface area contributed by atoms with Crippen LogP contribution in [-0.4, -0.2) is 45.7 Å². The number of aromatic nitrogens is 2. The smallest absolute Gasteiger partial charge is 0.134 e. The van der Waals surface area contributed by atoms with Gasteiger partial charge >= 0.3 is 0 Å². The van der Waals surface area contributed by atoms with Gasteiger partial charge in [-0.2, -0.15) is 0 Å². The van der Waals surface area contributed by atoms with Crippen molar-refractivity contribution in [1.82, 2.24) is 20.2 Å². The van der Waals surface area contributed by atoms with Crippen LogP contribution in [0, 0.1) is 6.92 Å². The van der Waals surface area contributed by atoms with E-state index in [1.165, 1.54) is 16.7 Å². The van der Waals surface area contributed by atoms with E-state index in [2.05, 4.69) is 47.2 Å². The number of aryl methyl sites for hydroxylation is 3. The Morgan fingerprint density at radius 3 is 2.78 bits per heavy atom. The van der Waals surface area contributed by atoms with E-state index in [0.717, 1.165) is 62.5 Å². The molecule has 4 rings (SSSR count). The Morgan fingerprint density at radius 1 is 1.12 bits per heavy atom. The zero-order valence-electron chi connectivity index (χ0n) is 18.8. The van der Waals surface area contributed by atoms with Crippen molar-refractivity contribution >= 4 is 11.6 Å². The zero-order valence-corrected chi connectivity index (χ0v) is 19.6. The standard InChI is InChI=1S/C26H31ClN4O/c1-18-6-7-21(17-31-13-12-28-16-19(31)2)14-22(18)24-10-11-29-26(30-24)5-3-4-20-8-9-25(32)23(27)15-20/h6-11,14-15,19,28,32H,3-5,12-13,16-17H2,1-2H3/t19-/m0/s1. The lowest BCUT2D eigenvalue weighted by Gasteiger charge is -2.34. The van der Waals surface area contributed by atoms with E-state index in [4.69, 9.17) is 16.6 Å². The predicted octanol–water partition coefficient (Wildman–Crippen LogP) is 4.78. The molecule has 1 atom stereocenters. The third-order valence-electron chi connectivity index (χ3n) is 6.19. The Labute approximate surface area is 195 Å². The fourth-order valence-corrected chi connectivity index (χ4v) is 4.43. The number of aromatic hydroxyl groups is 1. The zero-order chi connectivity index (χ0) is 22.5. The van der Waals surface area contributed by atoms with Crippen LogP contribution in [0.3, 0.4) is 0 Å². The molecular formula is C26H31ClN4O. The summed E-state index contributed by atoms with van der Waals surface area (Å²) in [5.41, 5.74) is 5.82. The normalized spacial score (nSPS) is 16.9. The van der Waals surface area contributed by atoms with Crippen LogP contribution in [0.5, 0.6) is 5.75 Å². The molecule has 5 nitrogen and oxygen atoms in total. The van der Waals surface area contributed by atoms with Gasteiger partial charge in [-0.3, -0.25) is 4.90 Å². The molecule has 32 heavy (non-hydrogen) atoms. The minimum Gasteiger partial charge on any atom is -0.506 e. The summed E-state index contributed by atoms with van der Waals surface area (Å²) >= 11 is 6.01. The molecule has 2 N–H and O–H groups in total. The summed E-state index contributed by atoms with van der Waals surface area (Å²) in [6, 6.07) is 14.6. The third kappa shape index (κ3) is 5.66. The fourth-order valence-electron chi connectivity index (χ4n) is 4.22. The first-order valence-corrected chi connectivity index (χ1v) is 11.7. The SMILES string of the molecule is Cc1ccc(CN2CCNC[C@@H]2C)cc1-c1ccnc(CCCc2ccc(O)c(Cl)c2)n1. The van der Waals surface area contributed by atoms with Gasteiger partial charge in [0.25, 0.3) is 0 Å². The molecule has 1 aliphatic heterocycles. The van der Waals surface area contributed by atoms with Crippen molar-refractivity contribution in [3.63, 3.8) is 0 Å². The highest BCUT2D eigenvalue weighted by Crippen LogP contribution is 2.26. The van der Waals surface area contributed by atoms with Crippen LogP contribution in [0.25, 0.3) is 11.3 Å². The van der Waals surface area contributed by atoms with Crippen LogP contribution in [-0.2, 0) is 19.4 Å². The molecule has 3 aromatic rings. The maximum atomic E-state index is 9.58. The van der Waals surface area contributed by atoms with Crippen molar-refractivity contribution in [2.24, 2.45) is 0 Å². The number of benzene rings is 2. The first kappa shape index (κ1) is 22.7. The van der Waals surface area contributed by atoms with E-state index < -0.39 is 0 Å². The largest absolute Gasteiger partial charge is 0.506 e. The van der Waals surface area contributed by atoms with Crippen LogP contribution in [0.1, 0.15) is 35.9 Å².